The van der Waals surface area contributed by atoms with E-state index in [0.29, 0.717) is 16.8 Å². The Kier molecular flexibility index (Phi) is 2.34. The summed E-state index contributed by atoms with van der Waals surface area (Å²) in [5.74, 6) is -0.172. The van der Waals surface area contributed by atoms with Gasteiger partial charge in [-0.1, -0.05) is 0 Å². The fraction of sp³-hybridized carbons (Fsp3) is 0.200. The van der Waals surface area contributed by atoms with E-state index in [4.69, 9.17) is 11.0 Å². The summed E-state index contributed by atoms with van der Waals surface area (Å²) < 4.78 is 0. The van der Waals surface area contributed by atoms with Crippen LogP contribution >= 0.6 is 0 Å². The van der Waals surface area contributed by atoms with Crippen molar-refractivity contribution in [1.29, 1.82) is 5.26 Å². The van der Waals surface area contributed by atoms with Gasteiger partial charge in [-0.15, -0.1) is 0 Å². The number of rotatable bonds is 1. The molecule has 0 atom stereocenters. The molecule has 3 nitrogen and oxygen atoms in total. The molecule has 2 N–H and O–H groups in total. The maximum Gasteiger partial charge on any atom is 0.163 e. The molecule has 1 aromatic rings. The highest BCUT2D eigenvalue weighted by Crippen LogP contribution is 2.19. The summed E-state index contributed by atoms with van der Waals surface area (Å²) in [6.07, 6.45) is 0. The van der Waals surface area contributed by atoms with Crippen molar-refractivity contribution in [2.24, 2.45) is 0 Å². The van der Waals surface area contributed by atoms with Gasteiger partial charge in [0.2, 0.25) is 0 Å². The lowest BCUT2D eigenvalue weighted by atomic mass is 10.0. The van der Waals surface area contributed by atoms with Crippen molar-refractivity contribution in [3.05, 3.63) is 28.8 Å². The van der Waals surface area contributed by atoms with Crippen LogP contribution in [0.3, 0.4) is 0 Å². The van der Waals surface area contributed by atoms with E-state index in [2.05, 4.69) is 0 Å². The van der Waals surface area contributed by atoms with Gasteiger partial charge in [0.15, 0.2) is 5.78 Å². The number of aryl methyl sites for hydroxylation is 1. The van der Waals surface area contributed by atoms with E-state index in [1.54, 1.807) is 12.1 Å². The average molecular weight is 174 g/mol. The van der Waals surface area contributed by atoms with Gasteiger partial charge in [-0.2, -0.15) is 5.26 Å². The second kappa shape index (κ2) is 3.28. The fourth-order valence-corrected chi connectivity index (χ4v) is 1.30. The summed E-state index contributed by atoms with van der Waals surface area (Å²) in [5.41, 5.74) is 7.57. The van der Waals surface area contributed by atoms with Crippen LogP contribution in [0.5, 0.6) is 0 Å². The molecule has 66 valence electrons. The predicted molar refractivity (Wildman–Crippen MR) is 50.3 cm³/mol. The molecule has 0 fully saturated rings. The Balaban J connectivity index is 3.50. The number of nitrogens with zero attached hydrogens (tertiary/aromatic N) is 1. The largest absolute Gasteiger partial charge is 0.398 e. The Hall–Kier alpha value is -1.82. The third-order valence-corrected chi connectivity index (χ3v) is 1.79. The zero-order valence-corrected chi connectivity index (χ0v) is 7.59. The maximum atomic E-state index is 11.1. The molecule has 0 saturated carbocycles. The molecule has 0 aromatic heterocycles. The Morgan fingerprint density at radius 3 is 2.62 bits per heavy atom. The first-order chi connectivity index (χ1) is 6.06. The molecule has 0 unspecified atom stereocenters. The molecule has 0 spiro atoms. The molecule has 13 heavy (non-hydrogen) atoms. The predicted octanol–water partition coefficient (Wildman–Crippen LogP) is 1.65. The summed E-state index contributed by atoms with van der Waals surface area (Å²) in [5, 5.41) is 8.76. The van der Waals surface area contributed by atoms with Crippen molar-refractivity contribution in [1.82, 2.24) is 0 Å². The molecule has 0 bridgehead atoms. The van der Waals surface area contributed by atoms with Gasteiger partial charge < -0.3 is 5.73 Å². The van der Waals surface area contributed by atoms with Crippen molar-refractivity contribution in [3.63, 3.8) is 0 Å². The van der Waals surface area contributed by atoms with Crippen molar-refractivity contribution in [3.8, 4) is 6.07 Å². The number of benzene rings is 1. The number of hydrogen-bond acceptors (Lipinski definition) is 3. The lowest BCUT2D eigenvalue weighted by molar-refractivity contribution is 0.101. The van der Waals surface area contributed by atoms with Crippen LogP contribution in [0.1, 0.15) is 28.4 Å². The van der Waals surface area contributed by atoms with Gasteiger partial charge in [0.25, 0.3) is 0 Å². The number of nitrogen functional groups attached to an aromatic ring is 1. The summed E-state index contributed by atoms with van der Waals surface area (Å²) in [6, 6.07) is 5.31. The smallest absolute Gasteiger partial charge is 0.163 e. The molecule has 0 amide bonds. The SMILES string of the molecule is CC(=O)c1c(N)cc(C)cc1C#N. The average Bonchev–Trinajstić information content (AvgIpc) is 2.01. The highest BCUT2D eigenvalue weighted by molar-refractivity contribution is 6.01. The minimum atomic E-state index is -0.172. The minimum absolute atomic E-state index is 0.172. The first-order valence-corrected chi connectivity index (χ1v) is 3.87. The summed E-state index contributed by atoms with van der Waals surface area (Å²) in [6.45, 7) is 3.24. The van der Waals surface area contributed by atoms with Gasteiger partial charge in [0.1, 0.15) is 0 Å². The van der Waals surface area contributed by atoms with Crippen LogP contribution in [0.2, 0.25) is 0 Å². The highest BCUT2D eigenvalue weighted by atomic mass is 16.1. The lowest BCUT2D eigenvalue weighted by Crippen LogP contribution is -2.03. The third-order valence-electron chi connectivity index (χ3n) is 1.79. The Morgan fingerprint density at radius 1 is 1.54 bits per heavy atom. The summed E-state index contributed by atoms with van der Waals surface area (Å²) >= 11 is 0. The Bertz CT molecular complexity index is 402. The first kappa shape index (κ1) is 9.27. The number of ketones is 1. The van der Waals surface area contributed by atoms with Crippen molar-refractivity contribution in [2.45, 2.75) is 13.8 Å². The fourth-order valence-electron chi connectivity index (χ4n) is 1.30. The molecule has 1 rings (SSSR count). The molecule has 0 aliphatic rings. The third kappa shape index (κ3) is 1.67. The van der Waals surface area contributed by atoms with Gasteiger partial charge in [-0.3, -0.25) is 4.79 Å². The zero-order valence-electron chi connectivity index (χ0n) is 7.59. The van der Waals surface area contributed by atoms with Crippen molar-refractivity contribution < 1.29 is 4.79 Å². The van der Waals surface area contributed by atoms with E-state index >= 15 is 0 Å². The lowest BCUT2D eigenvalue weighted by Gasteiger charge is -2.05. The molecule has 0 aliphatic carbocycles. The van der Waals surface area contributed by atoms with Gasteiger partial charge >= 0.3 is 0 Å². The van der Waals surface area contributed by atoms with E-state index in [-0.39, 0.29) is 5.78 Å². The molecule has 0 saturated heterocycles. The Morgan fingerprint density at radius 2 is 2.15 bits per heavy atom. The number of nitrogens with two attached hydrogens (primary N) is 1. The van der Waals surface area contributed by atoms with E-state index in [0.717, 1.165) is 5.56 Å². The number of nitriles is 1. The topological polar surface area (TPSA) is 66.9 Å². The molecule has 1 aromatic carbocycles. The Labute approximate surface area is 76.8 Å². The summed E-state index contributed by atoms with van der Waals surface area (Å²) in [4.78, 5) is 11.1. The van der Waals surface area contributed by atoms with Gasteiger partial charge in [-0.05, 0) is 31.5 Å². The molecule has 0 heterocycles. The van der Waals surface area contributed by atoms with Crippen LogP contribution in [0, 0.1) is 18.3 Å². The minimum Gasteiger partial charge on any atom is -0.398 e. The quantitative estimate of drug-likeness (QED) is 0.520. The van der Waals surface area contributed by atoms with E-state index < -0.39 is 0 Å². The normalized spacial score (nSPS) is 9.31. The summed E-state index contributed by atoms with van der Waals surface area (Å²) in [7, 11) is 0. The van der Waals surface area contributed by atoms with Gasteiger partial charge in [-0.25, -0.2) is 0 Å². The highest BCUT2D eigenvalue weighted by Gasteiger charge is 2.11. The molecule has 0 aliphatic heterocycles. The van der Waals surface area contributed by atoms with Gasteiger partial charge in [0.05, 0.1) is 17.2 Å². The van der Waals surface area contributed by atoms with Gasteiger partial charge in [0, 0.05) is 5.69 Å². The zero-order chi connectivity index (χ0) is 10.0. The second-order valence-corrected chi connectivity index (χ2v) is 2.94. The number of anilines is 1. The molecule has 0 radical (unpaired) electrons. The van der Waals surface area contributed by atoms with E-state index in [1.807, 2.05) is 13.0 Å². The van der Waals surface area contributed by atoms with E-state index in [1.165, 1.54) is 6.92 Å². The van der Waals surface area contributed by atoms with Crippen LogP contribution in [-0.4, -0.2) is 5.78 Å². The number of carbonyl (C=O) groups excluding carboxylic acids is 1. The number of hydrogen-bond donors (Lipinski definition) is 1. The standard InChI is InChI=1S/C10H10N2O/c1-6-3-8(5-11)10(7(2)13)9(12)4-6/h3-4H,12H2,1-2H3. The van der Waals surface area contributed by atoms with Crippen LogP contribution < -0.4 is 5.73 Å². The van der Waals surface area contributed by atoms with Crippen LogP contribution in [-0.2, 0) is 0 Å². The van der Waals surface area contributed by atoms with Crippen LogP contribution in [0.25, 0.3) is 0 Å². The number of carbonyl (C=O) groups is 1. The van der Waals surface area contributed by atoms with E-state index in [9.17, 15) is 4.79 Å². The maximum absolute atomic E-state index is 11.1. The van der Waals surface area contributed by atoms with Crippen molar-refractivity contribution in [2.75, 3.05) is 5.73 Å². The number of Topliss-reactive ketones (excluding diaryl/α,β-unsaturated/α-hetero) is 1. The van der Waals surface area contributed by atoms with Crippen LogP contribution in [0.15, 0.2) is 12.1 Å². The first-order valence-electron chi connectivity index (χ1n) is 3.87. The molecular formula is C10H10N2O. The van der Waals surface area contributed by atoms with Crippen LogP contribution in [0.4, 0.5) is 5.69 Å². The second-order valence-electron chi connectivity index (χ2n) is 2.94. The van der Waals surface area contributed by atoms with Crippen molar-refractivity contribution >= 4 is 11.5 Å². The molecular weight excluding hydrogens is 164 g/mol. The molecule has 3 heteroatoms. The monoisotopic (exact) mass is 174 g/mol.